The van der Waals surface area contributed by atoms with E-state index >= 15 is 0 Å². The Morgan fingerprint density at radius 2 is 1.95 bits per heavy atom. The van der Waals surface area contributed by atoms with Crippen LogP contribution in [0.3, 0.4) is 0 Å². The second-order valence-corrected chi connectivity index (χ2v) is 5.69. The van der Waals surface area contributed by atoms with E-state index in [2.05, 4.69) is 10.0 Å². The molecule has 0 spiro atoms. The number of carboxylic acids is 1. The van der Waals surface area contributed by atoms with Gasteiger partial charge in [-0.3, -0.25) is 14.3 Å². The molecule has 3 N–H and O–H groups in total. The number of sulfonamides is 1. The van der Waals surface area contributed by atoms with Crippen molar-refractivity contribution in [1.82, 2.24) is 0 Å². The minimum Gasteiger partial charge on any atom is -0.480 e. The average molecular weight is 286 g/mol. The van der Waals surface area contributed by atoms with E-state index in [1.54, 1.807) is 19.1 Å². The van der Waals surface area contributed by atoms with E-state index in [1.807, 2.05) is 0 Å². The zero-order valence-electron chi connectivity index (χ0n) is 10.4. The zero-order chi connectivity index (χ0) is 14.6. The molecular weight excluding hydrogens is 272 g/mol. The van der Waals surface area contributed by atoms with Gasteiger partial charge in [-0.15, -0.1) is 0 Å². The third-order valence-corrected chi connectivity index (χ3v) is 3.29. The summed E-state index contributed by atoms with van der Waals surface area (Å²) in [7, 11) is -3.96. The molecule has 0 aliphatic carbocycles. The maximum Gasteiger partial charge on any atom is 0.320 e. The van der Waals surface area contributed by atoms with Gasteiger partial charge in [0, 0.05) is 12.6 Å². The number of amides is 1. The summed E-state index contributed by atoms with van der Waals surface area (Å²) in [5.74, 6) is -2.75. The monoisotopic (exact) mass is 286 g/mol. The van der Waals surface area contributed by atoms with Gasteiger partial charge in [-0.1, -0.05) is 6.07 Å². The number of carbonyl (C=O) groups excluding carboxylic acids is 1. The van der Waals surface area contributed by atoms with Crippen molar-refractivity contribution in [2.75, 3.05) is 15.8 Å². The molecule has 0 bridgehead atoms. The molecule has 0 heterocycles. The Kier molecular flexibility index (Phi) is 4.49. The van der Waals surface area contributed by atoms with Crippen molar-refractivity contribution >= 4 is 33.3 Å². The number of nitrogens with one attached hydrogen (secondary N) is 2. The van der Waals surface area contributed by atoms with Crippen molar-refractivity contribution in [1.29, 1.82) is 0 Å². The largest absolute Gasteiger partial charge is 0.480 e. The summed E-state index contributed by atoms with van der Waals surface area (Å²) in [6.45, 7) is 2.99. The van der Waals surface area contributed by atoms with Gasteiger partial charge in [0.25, 0.3) is 0 Å². The van der Waals surface area contributed by atoms with Crippen LogP contribution >= 0.6 is 0 Å². The summed E-state index contributed by atoms with van der Waals surface area (Å²) in [6, 6.07) is 4.66. The maximum atomic E-state index is 11.5. The number of carboxylic acid groups (broad SMARTS) is 1. The number of benzene rings is 1. The lowest BCUT2D eigenvalue weighted by Gasteiger charge is -2.11. The third-order valence-electron chi connectivity index (χ3n) is 2.14. The van der Waals surface area contributed by atoms with E-state index in [-0.39, 0.29) is 11.6 Å². The van der Waals surface area contributed by atoms with E-state index in [9.17, 15) is 18.0 Å². The van der Waals surface area contributed by atoms with Crippen molar-refractivity contribution in [3.05, 3.63) is 23.8 Å². The molecule has 0 saturated carbocycles. The molecule has 7 nitrogen and oxygen atoms in total. The van der Waals surface area contributed by atoms with Crippen LogP contribution in [0, 0.1) is 6.92 Å². The Morgan fingerprint density at radius 3 is 2.47 bits per heavy atom. The van der Waals surface area contributed by atoms with Crippen molar-refractivity contribution in [3.8, 4) is 0 Å². The van der Waals surface area contributed by atoms with Crippen LogP contribution in [0.25, 0.3) is 0 Å². The van der Waals surface area contributed by atoms with Gasteiger partial charge in [-0.25, -0.2) is 8.42 Å². The molecule has 0 aliphatic rings. The molecule has 19 heavy (non-hydrogen) atoms. The number of carbonyl (C=O) groups is 2. The van der Waals surface area contributed by atoms with E-state index in [1.165, 1.54) is 13.0 Å². The molecule has 1 amide bonds. The standard InChI is InChI=1S/C11H14N2O5S/c1-7-3-4-9(12-8(2)14)5-10(7)13-19(17,18)6-11(15)16/h3-5,13H,6H2,1-2H3,(H,12,14)(H,15,16). The van der Waals surface area contributed by atoms with Crippen molar-refractivity contribution in [2.45, 2.75) is 13.8 Å². The molecule has 104 valence electrons. The highest BCUT2D eigenvalue weighted by atomic mass is 32.2. The van der Waals surface area contributed by atoms with Gasteiger partial charge in [0.2, 0.25) is 15.9 Å². The summed E-state index contributed by atoms with van der Waals surface area (Å²) in [5.41, 5.74) is 1.27. The molecular formula is C11H14N2O5S. The first kappa shape index (κ1) is 15.0. The predicted molar refractivity (Wildman–Crippen MR) is 70.5 cm³/mol. The molecule has 0 saturated heterocycles. The van der Waals surface area contributed by atoms with Crippen LogP contribution in [0.5, 0.6) is 0 Å². The Morgan fingerprint density at radius 1 is 1.32 bits per heavy atom. The number of hydrogen-bond acceptors (Lipinski definition) is 4. The van der Waals surface area contributed by atoms with Crippen molar-refractivity contribution in [3.63, 3.8) is 0 Å². The highest BCUT2D eigenvalue weighted by Gasteiger charge is 2.16. The first-order valence-electron chi connectivity index (χ1n) is 5.30. The third kappa shape index (κ3) is 4.96. The molecule has 0 atom stereocenters. The smallest absolute Gasteiger partial charge is 0.320 e. The molecule has 1 aromatic rings. The first-order chi connectivity index (χ1) is 8.69. The number of aryl methyl sites for hydroxylation is 1. The number of aliphatic carboxylic acids is 1. The van der Waals surface area contributed by atoms with Crippen LogP contribution in [0.15, 0.2) is 18.2 Å². The number of anilines is 2. The molecule has 0 fully saturated rings. The van der Waals surface area contributed by atoms with Crippen LogP contribution < -0.4 is 10.0 Å². The molecule has 0 radical (unpaired) electrons. The summed E-state index contributed by atoms with van der Waals surface area (Å²) in [4.78, 5) is 21.3. The minimum absolute atomic E-state index is 0.229. The van der Waals surface area contributed by atoms with Gasteiger partial charge < -0.3 is 10.4 Å². The molecule has 1 rings (SSSR count). The lowest BCUT2D eigenvalue weighted by Crippen LogP contribution is -2.22. The van der Waals surface area contributed by atoms with Crippen LogP contribution in [0.2, 0.25) is 0 Å². The lowest BCUT2D eigenvalue weighted by molar-refractivity contribution is -0.134. The second kappa shape index (κ2) is 5.70. The van der Waals surface area contributed by atoms with Crippen LogP contribution in [0.1, 0.15) is 12.5 Å². The van der Waals surface area contributed by atoms with Crippen LogP contribution in [-0.4, -0.2) is 31.2 Å². The summed E-state index contributed by atoms with van der Waals surface area (Å²) in [6.07, 6.45) is 0. The van der Waals surface area contributed by atoms with E-state index in [0.29, 0.717) is 11.3 Å². The Hall–Kier alpha value is -2.09. The van der Waals surface area contributed by atoms with Gasteiger partial charge >= 0.3 is 5.97 Å². The minimum atomic E-state index is -3.96. The average Bonchev–Trinajstić information content (AvgIpc) is 2.19. The highest BCUT2D eigenvalue weighted by Crippen LogP contribution is 2.21. The van der Waals surface area contributed by atoms with Crippen LogP contribution in [0.4, 0.5) is 11.4 Å². The SMILES string of the molecule is CC(=O)Nc1ccc(C)c(NS(=O)(=O)CC(=O)O)c1. The predicted octanol–water partition coefficient (Wildman–Crippen LogP) is 0.780. The molecule has 0 unspecified atom stereocenters. The fraction of sp³-hybridized carbons (Fsp3) is 0.273. The first-order valence-corrected chi connectivity index (χ1v) is 6.95. The molecule has 0 aromatic heterocycles. The molecule has 8 heteroatoms. The van der Waals surface area contributed by atoms with Crippen molar-refractivity contribution < 1.29 is 23.1 Å². The zero-order valence-corrected chi connectivity index (χ0v) is 11.2. The van der Waals surface area contributed by atoms with Gasteiger partial charge in [0.15, 0.2) is 5.75 Å². The fourth-order valence-electron chi connectivity index (χ4n) is 1.38. The molecule has 1 aromatic carbocycles. The number of hydrogen-bond donors (Lipinski definition) is 3. The summed E-state index contributed by atoms with van der Waals surface area (Å²) in [5, 5.41) is 11.0. The Balaban J connectivity index is 3.00. The normalized spacial score (nSPS) is 10.8. The second-order valence-electron chi connectivity index (χ2n) is 3.97. The van der Waals surface area contributed by atoms with Crippen molar-refractivity contribution in [2.24, 2.45) is 0 Å². The highest BCUT2D eigenvalue weighted by molar-refractivity contribution is 7.93. The van der Waals surface area contributed by atoms with E-state index in [0.717, 1.165) is 0 Å². The lowest BCUT2D eigenvalue weighted by atomic mass is 10.2. The summed E-state index contributed by atoms with van der Waals surface area (Å²) >= 11 is 0. The number of rotatable bonds is 5. The van der Waals surface area contributed by atoms with Gasteiger partial charge in [0.05, 0.1) is 5.69 Å². The van der Waals surface area contributed by atoms with Gasteiger partial charge in [0.1, 0.15) is 0 Å². The Labute approximate surface area is 110 Å². The van der Waals surface area contributed by atoms with Crippen LogP contribution in [-0.2, 0) is 19.6 Å². The van der Waals surface area contributed by atoms with E-state index < -0.39 is 21.7 Å². The topological polar surface area (TPSA) is 113 Å². The molecule has 0 aliphatic heterocycles. The van der Waals surface area contributed by atoms with E-state index in [4.69, 9.17) is 5.11 Å². The quantitative estimate of drug-likeness (QED) is 0.740. The Bertz CT molecular complexity index is 610. The van der Waals surface area contributed by atoms with Gasteiger partial charge in [-0.2, -0.15) is 0 Å². The summed E-state index contributed by atoms with van der Waals surface area (Å²) < 4.78 is 25.2. The fourth-order valence-corrected chi connectivity index (χ4v) is 2.33. The van der Waals surface area contributed by atoms with Gasteiger partial charge in [-0.05, 0) is 24.6 Å². The maximum absolute atomic E-state index is 11.5.